The summed E-state index contributed by atoms with van der Waals surface area (Å²) in [6.07, 6.45) is -5.57. The Kier molecular flexibility index (Phi) is 4.92. The Hall–Kier alpha value is -2.21. The van der Waals surface area contributed by atoms with Crippen LogP contribution in [-0.2, 0) is 6.61 Å². The average Bonchev–Trinajstić information content (AvgIpc) is 2.44. The highest BCUT2D eigenvalue weighted by atomic mass is 19.4. The first-order chi connectivity index (χ1) is 10.3. The minimum Gasteiger partial charge on any atom is -0.507 e. The first-order valence-electron chi connectivity index (χ1n) is 6.67. The Morgan fingerprint density at radius 1 is 1.09 bits per heavy atom. The molecule has 0 aliphatic carbocycles. The van der Waals surface area contributed by atoms with E-state index in [0.29, 0.717) is 12.4 Å². The van der Waals surface area contributed by atoms with Gasteiger partial charge in [-0.25, -0.2) is 0 Å². The van der Waals surface area contributed by atoms with E-state index in [1.165, 1.54) is 18.2 Å². The number of rotatable bonds is 5. The highest BCUT2D eigenvalue weighted by Gasteiger charge is 2.31. The summed E-state index contributed by atoms with van der Waals surface area (Å²) in [5, 5.41) is 9.83. The van der Waals surface area contributed by atoms with E-state index in [9.17, 15) is 18.3 Å². The standard InChI is InChI=1S/C16H16F3NO2/c17-16(18,19)9-14(20)13-7-6-12(8-15(13)21)22-10-11-4-2-1-3-5-11/h1-8,14,21H,9-10,20H2/t14-/m0/s1. The third-order valence-corrected chi connectivity index (χ3v) is 3.10. The minimum atomic E-state index is -4.38. The summed E-state index contributed by atoms with van der Waals surface area (Å²) >= 11 is 0. The van der Waals surface area contributed by atoms with E-state index in [-0.39, 0.29) is 11.3 Å². The fourth-order valence-corrected chi connectivity index (χ4v) is 2.03. The van der Waals surface area contributed by atoms with Crippen molar-refractivity contribution in [2.24, 2.45) is 5.73 Å². The fraction of sp³-hybridized carbons (Fsp3) is 0.250. The number of phenols is 1. The lowest BCUT2D eigenvalue weighted by molar-refractivity contribution is -0.138. The van der Waals surface area contributed by atoms with Gasteiger partial charge in [0.1, 0.15) is 18.1 Å². The second-order valence-corrected chi connectivity index (χ2v) is 4.92. The SMILES string of the molecule is N[C@@H](CC(F)(F)F)c1ccc(OCc2ccccc2)cc1O. The molecule has 1 atom stereocenters. The molecule has 2 aromatic carbocycles. The van der Waals surface area contributed by atoms with Gasteiger partial charge < -0.3 is 15.6 Å². The molecule has 2 aromatic rings. The monoisotopic (exact) mass is 311 g/mol. The summed E-state index contributed by atoms with van der Waals surface area (Å²) < 4.78 is 42.5. The number of nitrogens with two attached hydrogens (primary N) is 1. The lowest BCUT2D eigenvalue weighted by atomic mass is 10.0. The first-order valence-corrected chi connectivity index (χ1v) is 6.67. The molecular formula is C16H16F3NO2. The van der Waals surface area contributed by atoms with Gasteiger partial charge in [0.25, 0.3) is 0 Å². The third kappa shape index (κ3) is 4.66. The fourth-order valence-electron chi connectivity index (χ4n) is 2.03. The number of alkyl halides is 3. The van der Waals surface area contributed by atoms with Gasteiger partial charge in [-0.15, -0.1) is 0 Å². The zero-order valence-electron chi connectivity index (χ0n) is 11.7. The van der Waals surface area contributed by atoms with Gasteiger partial charge in [-0.05, 0) is 11.6 Å². The average molecular weight is 311 g/mol. The number of ether oxygens (including phenoxy) is 1. The van der Waals surface area contributed by atoms with Crippen molar-refractivity contribution in [3.05, 3.63) is 59.7 Å². The van der Waals surface area contributed by atoms with E-state index in [0.717, 1.165) is 5.56 Å². The van der Waals surface area contributed by atoms with Crippen LogP contribution in [0.1, 0.15) is 23.6 Å². The third-order valence-electron chi connectivity index (χ3n) is 3.10. The van der Waals surface area contributed by atoms with Gasteiger partial charge in [-0.2, -0.15) is 13.2 Å². The molecule has 118 valence electrons. The van der Waals surface area contributed by atoms with Gasteiger partial charge in [0.2, 0.25) is 0 Å². The van der Waals surface area contributed by atoms with Gasteiger partial charge >= 0.3 is 6.18 Å². The van der Waals surface area contributed by atoms with Gasteiger partial charge in [0.15, 0.2) is 0 Å². The van der Waals surface area contributed by atoms with Crippen LogP contribution in [0.25, 0.3) is 0 Å². The van der Waals surface area contributed by atoms with Crippen molar-refractivity contribution in [1.82, 2.24) is 0 Å². The van der Waals surface area contributed by atoms with Gasteiger partial charge in [0, 0.05) is 17.7 Å². The molecule has 0 unspecified atom stereocenters. The molecule has 0 heterocycles. The van der Waals surface area contributed by atoms with Crippen LogP contribution in [0.5, 0.6) is 11.5 Å². The molecular weight excluding hydrogens is 295 g/mol. The molecule has 3 nitrogen and oxygen atoms in total. The highest BCUT2D eigenvalue weighted by Crippen LogP contribution is 2.34. The zero-order valence-corrected chi connectivity index (χ0v) is 11.7. The van der Waals surface area contributed by atoms with Crippen molar-refractivity contribution in [3.63, 3.8) is 0 Å². The van der Waals surface area contributed by atoms with Crippen LogP contribution in [0.15, 0.2) is 48.5 Å². The molecule has 0 amide bonds. The maximum absolute atomic E-state index is 12.3. The van der Waals surface area contributed by atoms with Crippen LogP contribution >= 0.6 is 0 Å². The molecule has 2 rings (SSSR count). The van der Waals surface area contributed by atoms with Crippen LogP contribution in [0.2, 0.25) is 0 Å². The maximum atomic E-state index is 12.3. The van der Waals surface area contributed by atoms with Crippen molar-refractivity contribution >= 4 is 0 Å². The number of hydrogen-bond donors (Lipinski definition) is 2. The molecule has 0 bridgehead atoms. The molecule has 0 aromatic heterocycles. The smallest absolute Gasteiger partial charge is 0.390 e. The highest BCUT2D eigenvalue weighted by molar-refractivity contribution is 5.41. The van der Waals surface area contributed by atoms with Crippen LogP contribution in [0, 0.1) is 0 Å². The molecule has 0 spiro atoms. The van der Waals surface area contributed by atoms with E-state index >= 15 is 0 Å². The molecule has 0 saturated heterocycles. The van der Waals surface area contributed by atoms with Gasteiger partial charge in [-0.3, -0.25) is 0 Å². The van der Waals surface area contributed by atoms with E-state index in [2.05, 4.69) is 0 Å². The Labute approximate surface area is 126 Å². The Morgan fingerprint density at radius 2 is 1.77 bits per heavy atom. The van der Waals surface area contributed by atoms with Gasteiger partial charge in [0.05, 0.1) is 6.42 Å². The van der Waals surface area contributed by atoms with Crippen LogP contribution in [0.4, 0.5) is 13.2 Å². The quantitative estimate of drug-likeness (QED) is 0.880. The summed E-state index contributed by atoms with van der Waals surface area (Å²) in [4.78, 5) is 0. The molecule has 6 heteroatoms. The lowest BCUT2D eigenvalue weighted by Crippen LogP contribution is -2.20. The molecule has 0 saturated carbocycles. The molecule has 22 heavy (non-hydrogen) atoms. The second-order valence-electron chi connectivity index (χ2n) is 4.92. The molecule has 0 aliphatic heterocycles. The number of hydrogen-bond acceptors (Lipinski definition) is 3. The Morgan fingerprint density at radius 3 is 2.36 bits per heavy atom. The molecule has 0 aliphatic rings. The van der Waals surface area contributed by atoms with Crippen LogP contribution in [-0.4, -0.2) is 11.3 Å². The number of phenolic OH excluding ortho intramolecular Hbond substituents is 1. The van der Waals surface area contributed by atoms with E-state index in [4.69, 9.17) is 10.5 Å². The molecule has 0 fully saturated rings. The van der Waals surface area contributed by atoms with Crippen molar-refractivity contribution in [2.75, 3.05) is 0 Å². The first kappa shape index (κ1) is 16.2. The van der Waals surface area contributed by atoms with Crippen molar-refractivity contribution in [3.8, 4) is 11.5 Å². The van der Waals surface area contributed by atoms with Gasteiger partial charge in [-0.1, -0.05) is 36.4 Å². The van der Waals surface area contributed by atoms with Crippen molar-refractivity contribution in [1.29, 1.82) is 0 Å². The predicted octanol–water partition coefficient (Wildman–Crippen LogP) is 3.92. The van der Waals surface area contributed by atoms with E-state index in [1.54, 1.807) is 0 Å². The zero-order chi connectivity index (χ0) is 16.2. The van der Waals surface area contributed by atoms with E-state index < -0.39 is 18.6 Å². The van der Waals surface area contributed by atoms with Crippen LogP contribution in [0.3, 0.4) is 0 Å². The Balaban J connectivity index is 2.03. The van der Waals surface area contributed by atoms with Crippen LogP contribution < -0.4 is 10.5 Å². The predicted molar refractivity (Wildman–Crippen MR) is 76.5 cm³/mol. The summed E-state index contributed by atoms with van der Waals surface area (Å²) in [7, 11) is 0. The second kappa shape index (κ2) is 6.70. The summed E-state index contributed by atoms with van der Waals surface area (Å²) in [5.74, 6) is 0.0617. The number of halogens is 3. The van der Waals surface area contributed by atoms with Crippen molar-refractivity contribution in [2.45, 2.75) is 25.2 Å². The summed E-state index contributed by atoms with van der Waals surface area (Å²) in [6, 6.07) is 12.2. The molecule has 3 N–H and O–H groups in total. The topological polar surface area (TPSA) is 55.5 Å². The van der Waals surface area contributed by atoms with Crippen molar-refractivity contribution < 1.29 is 23.0 Å². The normalized spacial score (nSPS) is 12.9. The Bertz CT molecular complexity index is 615. The summed E-state index contributed by atoms with van der Waals surface area (Å²) in [6.45, 7) is 0.300. The van der Waals surface area contributed by atoms with E-state index in [1.807, 2.05) is 30.3 Å². The molecule has 0 radical (unpaired) electrons. The number of aromatic hydroxyl groups is 1. The lowest BCUT2D eigenvalue weighted by Gasteiger charge is -2.16. The maximum Gasteiger partial charge on any atom is 0.390 e. The minimum absolute atomic E-state index is 0.0457. The number of benzene rings is 2. The summed E-state index contributed by atoms with van der Waals surface area (Å²) in [5.41, 5.74) is 6.47. The largest absolute Gasteiger partial charge is 0.507 e.